The molecule has 0 radical (unpaired) electrons. The molecule has 0 aromatic carbocycles. The number of carbonyl (C=O) groups excluding carboxylic acids is 1. The Labute approximate surface area is 114 Å². The first-order valence-corrected chi connectivity index (χ1v) is 7.24. The molecule has 5 heteroatoms. The van der Waals surface area contributed by atoms with Crippen LogP contribution in [0.4, 0.5) is 0 Å². The first-order chi connectivity index (χ1) is 9.27. The van der Waals surface area contributed by atoms with E-state index in [1.807, 2.05) is 0 Å². The third-order valence-corrected chi connectivity index (χ3v) is 3.70. The van der Waals surface area contributed by atoms with E-state index in [9.17, 15) is 4.79 Å². The fourth-order valence-corrected chi connectivity index (χ4v) is 2.63. The molecule has 1 amide bonds. The van der Waals surface area contributed by atoms with E-state index >= 15 is 0 Å². The summed E-state index contributed by atoms with van der Waals surface area (Å²) in [7, 11) is 0. The number of amides is 1. The zero-order valence-corrected chi connectivity index (χ0v) is 11.6. The highest BCUT2D eigenvalue weighted by Crippen LogP contribution is 2.23. The van der Waals surface area contributed by atoms with Gasteiger partial charge in [-0.3, -0.25) is 9.89 Å². The van der Waals surface area contributed by atoms with Gasteiger partial charge in [-0.05, 0) is 25.7 Å². The first kappa shape index (κ1) is 14.1. The second-order valence-electron chi connectivity index (χ2n) is 5.11. The van der Waals surface area contributed by atoms with E-state index in [1.54, 1.807) is 4.90 Å². The van der Waals surface area contributed by atoms with E-state index in [0.29, 0.717) is 18.8 Å². The van der Waals surface area contributed by atoms with E-state index < -0.39 is 0 Å². The molecule has 0 spiro atoms. The van der Waals surface area contributed by atoms with Gasteiger partial charge >= 0.3 is 0 Å². The van der Waals surface area contributed by atoms with Gasteiger partial charge in [0.1, 0.15) is 0 Å². The van der Waals surface area contributed by atoms with Gasteiger partial charge in [-0.15, -0.1) is 0 Å². The van der Waals surface area contributed by atoms with E-state index in [2.05, 4.69) is 17.1 Å². The van der Waals surface area contributed by atoms with E-state index in [-0.39, 0.29) is 12.5 Å². The van der Waals surface area contributed by atoms with Crippen molar-refractivity contribution in [2.75, 3.05) is 19.7 Å². The molecule has 1 aromatic heterocycles. The summed E-state index contributed by atoms with van der Waals surface area (Å²) in [6, 6.07) is 0. The summed E-state index contributed by atoms with van der Waals surface area (Å²) in [5.74, 6) is -0.0375. The summed E-state index contributed by atoms with van der Waals surface area (Å²) in [4.78, 5) is 14.2. The number of rotatable bonds is 7. The highest BCUT2D eigenvalue weighted by atomic mass is 16.3. The second-order valence-corrected chi connectivity index (χ2v) is 5.11. The van der Waals surface area contributed by atoms with Crippen LogP contribution in [0.15, 0.2) is 0 Å². The first-order valence-electron chi connectivity index (χ1n) is 7.24. The fraction of sp³-hybridized carbons (Fsp3) is 0.714. The standard InChI is InChI=1S/C14H23N3O2/c1-2-3-4-8-17(9-10-18)14(19)13-11-6-5-7-12(11)15-16-13/h18H,2-10H2,1H3,(H,15,16). The average molecular weight is 265 g/mol. The van der Waals surface area contributed by atoms with Gasteiger partial charge in [0, 0.05) is 24.3 Å². The van der Waals surface area contributed by atoms with Gasteiger partial charge in [-0.2, -0.15) is 5.10 Å². The number of hydrogen-bond donors (Lipinski definition) is 2. The van der Waals surface area contributed by atoms with Crippen LogP contribution in [0, 0.1) is 0 Å². The molecule has 0 fully saturated rings. The Morgan fingerprint density at radius 3 is 2.95 bits per heavy atom. The highest BCUT2D eigenvalue weighted by molar-refractivity contribution is 5.94. The Hall–Kier alpha value is -1.36. The van der Waals surface area contributed by atoms with Gasteiger partial charge in [0.05, 0.1) is 6.61 Å². The van der Waals surface area contributed by atoms with Crippen LogP contribution in [-0.4, -0.2) is 45.8 Å². The summed E-state index contributed by atoms with van der Waals surface area (Å²) < 4.78 is 0. The van der Waals surface area contributed by atoms with Gasteiger partial charge < -0.3 is 10.0 Å². The molecule has 2 rings (SSSR count). The molecule has 0 atom stereocenters. The minimum atomic E-state index is -0.0375. The van der Waals surface area contributed by atoms with Crippen LogP contribution in [0.25, 0.3) is 0 Å². The smallest absolute Gasteiger partial charge is 0.274 e. The normalized spacial score (nSPS) is 13.6. The van der Waals surface area contributed by atoms with Gasteiger partial charge in [-0.1, -0.05) is 19.8 Å². The molecule has 0 saturated heterocycles. The number of aryl methyl sites for hydroxylation is 1. The van der Waals surface area contributed by atoms with Crippen molar-refractivity contribution in [2.24, 2.45) is 0 Å². The van der Waals surface area contributed by atoms with Crippen LogP contribution in [0.1, 0.15) is 54.4 Å². The van der Waals surface area contributed by atoms with Gasteiger partial charge in [-0.25, -0.2) is 0 Å². The molecule has 19 heavy (non-hydrogen) atoms. The predicted octanol–water partition coefficient (Wildman–Crippen LogP) is 1.52. The molecule has 0 bridgehead atoms. The summed E-state index contributed by atoms with van der Waals surface area (Å²) in [5.41, 5.74) is 2.77. The van der Waals surface area contributed by atoms with Crippen molar-refractivity contribution in [1.82, 2.24) is 15.1 Å². The zero-order chi connectivity index (χ0) is 13.7. The van der Waals surface area contributed by atoms with Gasteiger partial charge in [0.2, 0.25) is 0 Å². The lowest BCUT2D eigenvalue weighted by Gasteiger charge is -2.21. The van der Waals surface area contributed by atoms with Gasteiger partial charge in [0.25, 0.3) is 5.91 Å². The van der Waals surface area contributed by atoms with Crippen LogP contribution in [0.2, 0.25) is 0 Å². The maximum atomic E-state index is 12.5. The predicted molar refractivity (Wildman–Crippen MR) is 73.1 cm³/mol. The van der Waals surface area contributed by atoms with Crippen LogP contribution in [-0.2, 0) is 12.8 Å². The number of carbonyl (C=O) groups is 1. The van der Waals surface area contributed by atoms with E-state index in [0.717, 1.165) is 49.8 Å². The Balaban J connectivity index is 2.05. The lowest BCUT2D eigenvalue weighted by atomic mass is 10.1. The topological polar surface area (TPSA) is 69.2 Å². The second kappa shape index (κ2) is 6.70. The SMILES string of the molecule is CCCCCN(CCO)C(=O)c1n[nH]c2c1CCC2. The lowest BCUT2D eigenvalue weighted by Crippen LogP contribution is -2.35. The number of nitrogens with one attached hydrogen (secondary N) is 1. The number of aliphatic hydroxyl groups is 1. The third-order valence-electron chi connectivity index (χ3n) is 3.70. The Kier molecular flexibility index (Phi) is 4.96. The maximum absolute atomic E-state index is 12.5. The molecule has 0 aliphatic heterocycles. The minimum Gasteiger partial charge on any atom is -0.395 e. The molecule has 1 heterocycles. The minimum absolute atomic E-state index is 0.00444. The molecular formula is C14H23N3O2. The molecule has 2 N–H and O–H groups in total. The van der Waals surface area contributed by atoms with Crippen molar-refractivity contribution < 1.29 is 9.90 Å². The van der Waals surface area contributed by atoms with Crippen molar-refractivity contribution in [1.29, 1.82) is 0 Å². The summed E-state index contributed by atoms with van der Waals surface area (Å²) in [5, 5.41) is 16.3. The molecule has 0 unspecified atom stereocenters. The Morgan fingerprint density at radius 2 is 2.21 bits per heavy atom. The number of H-pyrrole nitrogens is 1. The number of aromatic amines is 1. The number of fused-ring (bicyclic) bond motifs is 1. The van der Waals surface area contributed by atoms with Crippen LogP contribution in [0.3, 0.4) is 0 Å². The molecule has 1 aromatic rings. The fourth-order valence-electron chi connectivity index (χ4n) is 2.63. The number of aliphatic hydroxyl groups excluding tert-OH is 1. The van der Waals surface area contributed by atoms with Crippen LogP contribution < -0.4 is 0 Å². The lowest BCUT2D eigenvalue weighted by molar-refractivity contribution is 0.0711. The van der Waals surface area contributed by atoms with Crippen molar-refractivity contribution in [3.8, 4) is 0 Å². The highest BCUT2D eigenvalue weighted by Gasteiger charge is 2.26. The Morgan fingerprint density at radius 1 is 1.37 bits per heavy atom. The molecule has 0 saturated carbocycles. The summed E-state index contributed by atoms with van der Waals surface area (Å²) in [6.07, 6.45) is 6.24. The van der Waals surface area contributed by atoms with Crippen molar-refractivity contribution in [3.63, 3.8) is 0 Å². The summed E-state index contributed by atoms with van der Waals surface area (Å²) >= 11 is 0. The number of unbranched alkanes of at least 4 members (excludes halogenated alkanes) is 2. The molecule has 5 nitrogen and oxygen atoms in total. The van der Waals surface area contributed by atoms with Crippen molar-refractivity contribution in [2.45, 2.75) is 45.4 Å². The summed E-state index contributed by atoms with van der Waals surface area (Å²) in [6.45, 7) is 3.24. The van der Waals surface area contributed by atoms with Crippen molar-refractivity contribution in [3.05, 3.63) is 17.0 Å². The zero-order valence-electron chi connectivity index (χ0n) is 11.6. The molecule has 106 valence electrons. The maximum Gasteiger partial charge on any atom is 0.274 e. The van der Waals surface area contributed by atoms with E-state index in [1.165, 1.54) is 0 Å². The monoisotopic (exact) mass is 265 g/mol. The van der Waals surface area contributed by atoms with Crippen LogP contribution >= 0.6 is 0 Å². The van der Waals surface area contributed by atoms with Gasteiger partial charge in [0.15, 0.2) is 5.69 Å². The third kappa shape index (κ3) is 3.15. The average Bonchev–Trinajstić information content (AvgIpc) is 2.99. The molecule has 1 aliphatic rings. The molecular weight excluding hydrogens is 242 g/mol. The largest absolute Gasteiger partial charge is 0.395 e. The van der Waals surface area contributed by atoms with E-state index in [4.69, 9.17) is 5.11 Å². The molecule has 1 aliphatic carbocycles. The van der Waals surface area contributed by atoms with Crippen LogP contribution in [0.5, 0.6) is 0 Å². The number of aromatic nitrogens is 2. The Bertz CT molecular complexity index is 428. The van der Waals surface area contributed by atoms with Crippen molar-refractivity contribution >= 4 is 5.91 Å². The number of hydrogen-bond acceptors (Lipinski definition) is 3. The quantitative estimate of drug-likeness (QED) is 0.734. The number of nitrogens with zero attached hydrogens (tertiary/aromatic N) is 2.